The molecule has 1 heterocycles. The Bertz CT molecular complexity index is 698. The highest BCUT2D eigenvalue weighted by atomic mass is 19.4. The number of likely N-dealkylation sites (N-methyl/N-ethyl adjacent to an activating group) is 1. The molecule has 1 saturated heterocycles. The van der Waals surface area contributed by atoms with E-state index in [4.69, 9.17) is 0 Å². The number of hydrogen-bond donors (Lipinski definition) is 1. The lowest BCUT2D eigenvalue weighted by Gasteiger charge is -2.30. The summed E-state index contributed by atoms with van der Waals surface area (Å²) in [6.07, 6.45) is -5.05. The van der Waals surface area contributed by atoms with Gasteiger partial charge in [0.05, 0.1) is 5.69 Å². The Labute approximate surface area is 146 Å². The molecule has 1 aliphatic rings. The molecule has 0 aromatic heterocycles. The van der Waals surface area contributed by atoms with Crippen LogP contribution in [0.2, 0.25) is 0 Å². The molecule has 1 aliphatic heterocycles. The number of hydrogen-bond acceptors (Lipinski definition) is 5. The summed E-state index contributed by atoms with van der Waals surface area (Å²) in [6.45, 7) is 0.976. The molecule has 1 fully saturated rings. The van der Waals surface area contributed by atoms with Crippen molar-refractivity contribution in [1.29, 1.82) is 0 Å². The molecule has 2 amide bonds. The molecule has 8 nitrogen and oxygen atoms in total. The summed E-state index contributed by atoms with van der Waals surface area (Å²) in [5.74, 6) is -3.71. The largest absolute Gasteiger partial charge is 0.471 e. The lowest BCUT2D eigenvalue weighted by atomic mass is 9.95. The van der Waals surface area contributed by atoms with Crippen LogP contribution in [-0.4, -0.2) is 53.6 Å². The zero-order chi connectivity index (χ0) is 19.6. The number of rotatable bonds is 5. The van der Waals surface area contributed by atoms with Crippen molar-refractivity contribution in [2.75, 3.05) is 18.6 Å². The van der Waals surface area contributed by atoms with E-state index >= 15 is 0 Å². The van der Waals surface area contributed by atoms with E-state index in [0.29, 0.717) is 5.69 Å². The Morgan fingerprint density at radius 2 is 1.92 bits per heavy atom. The Morgan fingerprint density at radius 1 is 1.35 bits per heavy atom. The minimum atomic E-state index is -5.05. The van der Waals surface area contributed by atoms with Crippen LogP contribution in [0.15, 0.2) is 30.3 Å². The van der Waals surface area contributed by atoms with E-state index in [9.17, 15) is 32.9 Å². The molecule has 0 saturated carbocycles. The molecule has 0 spiro atoms. The normalized spacial score (nSPS) is 22.3. The van der Waals surface area contributed by atoms with Crippen molar-refractivity contribution >= 4 is 17.5 Å². The maximum absolute atomic E-state index is 12.5. The van der Waals surface area contributed by atoms with Crippen LogP contribution in [0.3, 0.4) is 0 Å². The van der Waals surface area contributed by atoms with Crippen molar-refractivity contribution in [2.24, 2.45) is 5.92 Å². The lowest BCUT2D eigenvalue weighted by Crippen LogP contribution is -2.49. The van der Waals surface area contributed by atoms with Crippen molar-refractivity contribution < 1.29 is 27.7 Å². The van der Waals surface area contributed by atoms with Gasteiger partial charge in [-0.15, -0.1) is 0 Å². The van der Waals surface area contributed by atoms with Gasteiger partial charge in [0.1, 0.15) is 6.04 Å². The van der Waals surface area contributed by atoms with Crippen LogP contribution < -0.4 is 10.3 Å². The summed E-state index contributed by atoms with van der Waals surface area (Å²) in [6, 6.07) is 5.51. The standard InChI is InChI=1S/C15H17F3N4O4/c1-9(8-19-14(24)15(16,17)18)11-12(22(25)26)13(23)21(20(11)2)10-6-4-3-5-7-10/h3-7,9,11-12H,8H2,1-2H3,(H,19,24). The molecule has 0 bridgehead atoms. The number of nitro groups is 1. The highest BCUT2D eigenvalue weighted by Crippen LogP contribution is 2.31. The van der Waals surface area contributed by atoms with Gasteiger partial charge in [0, 0.05) is 18.5 Å². The maximum Gasteiger partial charge on any atom is 0.471 e. The monoisotopic (exact) mass is 374 g/mol. The number of halogens is 3. The Kier molecular flexibility index (Phi) is 5.50. The number of carbonyl (C=O) groups is 2. The quantitative estimate of drug-likeness (QED) is 0.617. The fourth-order valence-electron chi connectivity index (χ4n) is 3.01. The average Bonchev–Trinajstić information content (AvgIpc) is 2.83. The summed E-state index contributed by atoms with van der Waals surface area (Å²) in [5.41, 5.74) is 0.404. The predicted molar refractivity (Wildman–Crippen MR) is 84.5 cm³/mol. The summed E-state index contributed by atoms with van der Waals surface area (Å²) in [7, 11) is 1.45. The van der Waals surface area contributed by atoms with Gasteiger partial charge in [0.15, 0.2) is 0 Å². The Hall–Kier alpha value is -2.69. The van der Waals surface area contributed by atoms with Crippen molar-refractivity contribution in [3.63, 3.8) is 0 Å². The fourth-order valence-corrected chi connectivity index (χ4v) is 3.01. The molecule has 0 aliphatic carbocycles. The number of para-hydroxylation sites is 1. The van der Waals surface area contributed by atoms with Crippen LogP contribution >= 0.6 is 0 Å². The van der Waals surface area contributed by atoms with Crippen molar-refractivity contribution in [3.05, 3.63) is 40.4 Å². The van der Waals surface area contributed by atoms with Crippen LogP contribution in [0.4, 0.5) is 18.9 Å². The van der Waals surface area contributed by atoms with Crippen LogP contribution in [0, 0.1) is 16.0 Å². The predicted octanol–water partition coefficient (Wildman–Crippen LogP) is 1.21. The third-order valence-electron chi connectivity index (χ3n) is 4.19. The molecular weight excluding hydrogens is 357 g/mol. The highest BCUT2D eigenvalue weighted by Gasteiger charge is 2.55. The summed E-state index contributed by atoms with van der Waals surface area (Å²) >= 11 is 0. The second kappa shape index (κ2) is 7.28. The van der Waals surface area contributed by atoms with Crippen molar-refractivity contribution in [3.8, 4) is 0 Å². The number of nitrogens with zero attached hydrogens (tertiary/aromatic N) is 3. The van der Waals surface area contributed by atoms with E-state index in [1.165, 1.54) is 19.0 Å². The van der Waals surface area contributed by atoms with Crippen molar-refractivity contribution in [2.45, 2.75) is 25.2 Å². The molecule has 0 radical (unpaired) electrons. The first-order chi connectivity index (χ1) is 12.1. The summed E-state index contributed by atoms with van der Waals surface area (Å²) < 4.78 is 36.9. The number of alkyl halides is 3. The van der Waals surface area contributed by atoms with E-state index in [1.54, 1.807) is 35.6 Å². The molecule has 2 rings (SSSR count). The molecule has 1 aromatic carbocycles. The van der Waals surface area contributed by atoms with Crippen LogP contribution in [0.1, 0.15) is 6.92 Å². The number of carbonyl (C=O) groups excluding carboxylic acids is 2. The zero-order valence-electron chi connectivity index (χ0n) is 13.9. The van der Waals surface area contributed by atoms with E-state index in [0.717, 1.165) is 5.01 Å². The van der Waals surface area contributed by atoms with Gasteiger partial charge in [-0.1, -0.05) is 25.1 Å². The first-order valence-corrected chi connectivity index (χ1v) is 7.66. The second-order valence-electron chi connectivity index (χ2n) is 5.97. The minimum Gasteiger partial charge on any atom is -0.348 e. The lowest BCUT2D eigenvalue weighted by molar-refractivity contribution is -0.512. The van der Waals surface area contributed by atoms with Gasteiger partial charge >= 0.3 is 24.0 Å². The van der Waals surface area contributed by atoms with Gasteiger partial charge in [-0.25, -0.2) is 10.0 Å². The highest BCUT2D eigenvalue weighted by molar-refractivity contribution is 5.98. The molecule has 3 atom stereocenters. The number of anilines is 1. The van der Waals surface area contributed by atoms with Gasteiger partial charge in [-0.3, -0.25) is 19.7 Å². The van der Waals surface area contributed by atoms with Crippen molar-refractivity contribution in [1.82, 2.24) is 10.3 Å². The van der Waals surface area contributed by atoms with Gasteiger partial charge in [0.2, 0.25) is 0 Å². The van der Waals surface area contributed by atoms with E-state index in [-0.39, 0.29) is 0 Å². The fraction of sp³-hybridized carbons (Fsp3) is 0.467. The Balaban J connectivity index is 2.23. The van der Waals surface area contributed by atoms with Crippen LogP contribution in [0.25, 0.3) is 0 Å². The SMILES string of the molecule is CC(CNC(=O)C(F)(F)F)C1C([N+](=O)[O-])C(=O)N(c2ccccc2)N1C. The Morgan fingerprint density at radius 3 is 2.42 bits per heavy atom. The van der Waals surface area contributed by atoms with E-state index in [2.05, 4.69) is 0 Å². The molecule has 11 heteroatoms. The third kappa shape index (κ3) is 3.77. The van der Waals surface area contributed by atoms with Gasteiger partial charge in [0.25, 0.3) is 0 Å². The molecule has 26 heavy (non-hydrogen) atoms. The number of nitrogens with one attached hydrogen (secondary N) is 1. The average molecular weight is 374 g/mol. The number of hydrazine groups is 1. The first-order valence-electron chi connectivity index (χ1n) is 7.66. The van der Waals surface area contributed by atoms with Crippen LogP contribution in [-0.2, 0) is 9.59 Å². The first kappa shape index (κ1) is 19.6. The van der Waals surface area contributed by atoms with E-state index < -0.39 is 47.5 Å². The topological polar surface area (TPSA) is 95.8 Å². The van der Waals surface area contributed by atoms with E-state index in [1.807, 2.05) is 0 Å². The molecular formula is C15H17F3N4O4. The van der Waals surface area contributed by atoms with Gasteiger partial charge in [-0.2, -0.15) is 13.2 Å². The van der Waals surface area contributed by atoms with Gasteiger partial charge in [-0.05, 0) is 18.1 Å². The smallest absolute Gasteiger partial charge is 0.348 e. The number of amides is 2. The molecule has 3 unspecified atom stereocenters. The number of benzene rings is 1. The summed E-state index contributed by atoms with van der Waals surface area (Å²) in [4.78, 5) is 34.2. The second-order valence-corrected chi connectivity index (χ2v) is 5.97. The van der Waals surface area contributed by atoms with Crippen LogP contribution in [0.5, 0.6) is 0 Å². The maximum atomic E-state index is 12.5. The van der Waals surface area contributed by atoms with Gasteiger partial charge < -0.3 is 5.32 Å². The molecule has 1 aromatic rings. The minimum absolute atomic E-state index is 0.404. The zero-order valence-corrected chi connectivity index (χ0v) is 13.9. The summed E-state index contributed by atoms with van der Waals surface area (Å²) in [5, 5.41) is 15.6. The molecule has 1 N–H and O–H groups in total. The molecule has 142 valence electrons. The third-order valence-corrected chi connectivity index (χ3v) is 4.19.